The van der Waals surface area contributed by atoms with Crippen molar-refractivity contribution in [1.82, 2.24) is 4.90 Å². The van der Waals surface area contributed by atoms with Crippen molar-refractivity contribution in [1.29, 1.82) is 0 Å². The van der Waals surface area contributed by atoms with Crippen LogP contribution in [0.5, 0.6) is 0 Å². The van der Waals surface area contributed by atoms with Gasteiger partial charge in [-0.15, -0.1) is 0 Å². The van der Waals surface area contributed by atoms with Gasteiger partial charge in [0.15, 0.2) is 0 Å². The van der Waals surface area contributed by atoms with Crippen molar-refractivity contribution in [3.8, 4) is 0 Å². The van der Waals surface area contributed by atoms with Gasteiger partial charge in [-0.05, 0) is 33.1 Å². The smallest absolute Gasteiger partial charge is 0.0758 e. The summed E-state index contributed by atoms with van der Waals surface area (Å²) in [5.41, 5.74) is -0.426. The SMILES string of the molecule is CC.CC(C)C1COC1.CC(C)N1CCC(C)(O)C1. The molecule has 0 saturated carbocycles. The molecule has 1 N–H and O–H groups in total. The minimum Gasteiger partial charge on any atom is -0.389 e. The van der Waals surface area contributed by atoms with Crippen molar-refractivity contribution in [3.05, 3.63) is 0 Å². The lowest BCUT2D eigenvalue weighted by molar-refractivity contribution is -0.0534. The molecule has 0 radical (unpaired) electrons. The molecule has 2 heterocycles. The van der Waals surface area contributed by atoms with E-state index in [4.69, 9.17) is 4.74 Å². The first-order valence-corrected chi connectivity index (χ1v) is 7.86. The Hall–Kier alpha value is -0.120. The third-order valence-electron chi connectivity index (χ3n) is 3.82. The van der Waals surface area contributed by atoms with Gasteiger partial charge in [0, 0.05) is 25.0 Å². The Balaban J connectivity index is 0.000000316. The molecule has 2 fully saturated rings. The van der Waals surface area contributed by atoms with Gasteiger partial charge in [0.1, 0.15) is 0 Å². The average molecular weight is 273 g/mol. The van der Waals surface area contributed by atoms with Gasteiger partial charge in [0.2, 0.25) is 0 Å². The van der Waals surface area contributed by atoms with Crippen LogP contribution in [0.15, 0.2) is 0 Å². The lowest BCUT2D eigenvalue weighted by Gasteiger charge is -2.29. The number of hydrogen-bond donors (Lipinski definition) is 1. The van der Waals surface area contributed by atoms with Crippen LogP contribution in [0, 0.1) is 11.8 Å². The fourth-order valence-electron chi connectivity index (χ4n) is 2.06. The Morgan fingerprint density at radius 2 is 1.68 bits per heavy atom. The Labute approximate surface area is 120 Å². The van der Waals surface area contributed by atoms with Crippen molar-refractivity contribution in [2.45, 2.75) is 66.5 Å². The molecule has 1 atom stereocenters. The molecule has 2 aliphatic rings. The predicted molar refractivity (Wildman–Crippen MR) is 82.4 cm³/mol. The van der Waals surface area contributed by atoms with E-state index >= 15 is 0 Å². The quantitative estimate of drug-likeness (QED) is 0.839. The molecule has 2 rings (SSSR count). The van der Waals surface area contributed by atoms with E-state index in [9.17, 15) is 5.11 Å². The number of β-amino-alcohol motifs (C(OH)–C–C–N with tert-alkyl or cyclic N) is 1. The second kappa shape index (κ2) is 8.93. The molecule has 0 aliphatic carbocycles. The summed E-state index contributed by atoms with van der Waals surface area (Å²) in [6.45, 7) is 18.6. The first kappa shape index (κ1) is 18.9. The molecule has 1 unspecified atom stereocenters. The van der Waals surface area contributed by atoms with Crippen LogP contribution in [0.4, 0.5) is 0 Å². The minimum absolute atomic E-state index is 0.426. The van der Waals surface area contributed by atoms with Crippen LogP contribution >= 0.6 is 0 Å². The zero-order valence-electron chi connectivity index (χ0n) is 14.1. The molecule has 0 aromatic rings. The molecular weight excluding hydrogens is 238 g/mol. The Kier molecular flexibility index (Phi) is 8.88. The monoisotopic (exact) mass is 273 g/mol. The van der Waals surface area contributed by atoms with Crippen molar-refractivity contribution >= 4 is 0 Å². The van der Waals surface area contributed by atoms with Gasteiger partial charge >= 0.3 is 0 Å². The van der Waals surface area contributed by atoms with E-state index in [0.717, 1.165) is 44.6 Å². The van der Waals surface area contributed by atoms with E-state index in [1.54, 1.807) is 0 Å². The predicted octanol–water partition coefficient (Wildman–Crippen LogP) is 3.17. The number of likely N-dealkylation sites (tertiary alicyclic amines) is 1. The van der Waals surface area contributed by atoms with Crippen LogP contribution in [0.2, 0.25) is 0 Å². The molecule has 0 spiro atoms. The zero-order valence-corrected chi connectivity index (χ0v) is 14.1. The molecule has 3 nitrogen and oxygen atoms in total. The molecule has 19 heavy (non-hydrogen) atoms. The highest BCUT2D eigenvalue weighted by Gasteiger charge is 2.32. The van der Waals surface area contributed by atoms with E-state index in [2.05, 4.69) is 32.6 Å². The maximum Gasteiger partial charge on any atom is 0.0758 e. The summed E-state index contributed by atoms with van der Waals surface area (Å²) < 4.78 is 5.00. The van der Waals surface area contributed by atoms with Crippen molar-refractivity contribution in [3.63, 3.8) is 0 Å². The highest BCUT2D eigenvalue weighted by molar-refractivity contribution is 4.87. The first-order valence-electron chi connectivity index (χ1n) is 7.86. The fraction of sp³-hybridized carbons (Fsp3) is 1.00. The second-order valence-electron chi connectivity index (χ2n) is 6.35. The van der Waals surface area contributed by atoms with Gasteiger partial charge in [-0.3, -0.25) is 4.90 Å². The summed E-state index contributed by atoms with van der Waals surface area (Å²) >= 11 is 0. The topological polar surface area (TPSA) is 32.7 Å². The van der Waals surface area contributed by atoms with Crippen LogP contribution < -0.4 is 0 Å². The first-order chi connectivity index (χ1) is 8.82. The molecule has 0 aromatic heterocycles. The molecular formula is C16H35NO2. The third-order valence-corrected chi connectivity index (χ3v) is 3.82. The van der Waals surface area contributed by atoms with Gasteiger partial charge < -0.3 is 9.84 Å². The molecule has 0 amide bonds. The highest BCUT2D eigenvalue weighted by Crippen LogP contribution is 2.21. The lowest BCUT2D eigenvalue weighted by atomic mass is 9.95. The molecule has 2 aliphatic heterocycles. The largest absolute Gasteiger partial charge is 0.389 e. The highest BCUT2D eigenvalue weighted by atomic mass is 16.5. The summed E-state index contributed by atoms with van der Waals surface area (Å²) in [6, 6.07) is 0.578. The van der Waals surface area contributed by atoms with Crippen molar-refractivity contribution in [2.24, 2.45) is 11.8 Å². The summed E-state index contributed by atoms with van der Waals surface area (Å²) in [5.74, 6) is 1.69. The fourth-order valence-corrected chi connectivity index (χ4v) is 2.06. The number of nitrogens with zero attached hydrogens (tertiary/aromatic N) is 1. The van der Waals surface area contributed by atoms with Crippen molar-refractivity contribution in [2.75, 3.05) is 26.3 Å². The lowest BCUT2D eigenvalue weighted by Crippen LogP contribution is -2.33. The number of rotatable bonds is 2. The molecule has 3 heteroatoms. The molecule has 116 valence electrons. The van der Waals surface area contributed by atoms with Gasteiger partial charge in [0.05, 0.1) is 18.8 Å². The van der Waals surface area contributed by atoms with Gasteiger partial charge in [-0.1, -0.05) is 27.7 Å². The Morgan fingerprint density at radius 1 is 1.16 bits per heavy atom. The summed E-state index contributed by atoms with van der Waals surface area (Å²) in [7, 11) is 0. The van der Waals surface area contributed by atoms with E-state index in [-0.39, 0.29) is 0 Å². The van der Waals surface area contributed by atoms with Gasteiger partial charge in [-0.2, -0.15) is 0 Å². The summed E-state index contributed by atoms with van der Waals surface area (Å²) in [5, 5.41) is 9.57. The maximum atomic E-state index is 9.57. The van der Waals surface area contributed by atoms with Crippen LogP contribution in [-0.2, 0) is 4.74 Å². The van der Waals surface area contributed by atoms with E-state index in [1.165, 1.54) is 0 Å². The Bertz CT molecular complexity index is 223. The normalized spacial score (nSPS) is 27.5. The van der Waals surface area contributed by atoms with Crippen molar-refractivity contribution < 1.29 is 9.84 Å². The zero-order chi connectivity index (χ0) is 15.1. The van der Waals surface area contributed by atoms with E-state index in [1.807, 2.05) is 20.8 Å². The second-order valence-corrected chi connectivity index (χ2v) is 6.35. The number of hydrogen-bond acceptors (Lipinski definition) is 3. The standard InChI is InChI=1S/C8H17NO.C6H12O.C2H6/c1-7(2)9-5-4-8(3,10)6-9;1-5(2)6-3-7-4-6;1-2/h7,10H,4-6H2,1-3H3;5-6H,3-4H2,1-2H3;1-2H3. The Morgan fingerprint density at radius 3 is 1.79 bits per heavy atom. The maximum absolute atomic E-state index is 9.57. The molecule has 0 aromatic carbocycles. The van der Waals surface area contributed by atoms with Gasteiger partial charge in [0.25, 0.3) is 0 Å². The third kappa shape index (κ3) is 7.28. The summed E-state index contributed by atoms with van der Waals surface area (Å²) in [6.07, 6.45) is 0.922. The van der Waals surface area contributed by atoms with Crippen LogP contribution in [-0.4, -0.2) is 48.0 Å². The number of aliphatic hydroxyl groups is 1. The van der Waals surface area contributed by atoms with Crippen LogP contribution in [0.1, 0.15) is 54.9 Å². The molecule has 2 saturated heterocycles. The van der Waals surface area contributed by atoms with E-state index in [0.29, 0.717) is 6.04 Å². The van der Waals surface area contributed by atoms with E-state index < -0.39 is 5.60 Å². The van der Waals surface area contributed by atoms with Gasteiger partial charge in [-0.25, -0.2) is 0 Å². The minimum atomic E-state index is -0.426. The molecule has 0 bridgehead atoms. The average Bonchev–Trinajstić information content (AvgIpc) is 2.59. The van der Waals surface area contributed by atoms with Crippen LogP contribution in [0.25, 0.3) is 0 Å². The number of ether oxygens (including phenoxy) is 1. The summed E-state index contributed by atoms with van der Waals surface area (Å²) in [4.78, 5) is 2.31. The van der Waals surface area contributed by atoms with Crippen LogP contribution in [0.3, 0.4) is 0 Å².